The first kappa shape index (κ1) is 9.31. The third-order valence-electron chi connectivity index (χ3n) is 1.21. The van der Waals surface area contributed by atoms with Gasteiger partial charge in [-0.2, -0.15) is 0 Å². The first-order valence-electron chi connectivity index (χ1n) is 2.77. The Morgan fingerprint density at radius 3 is 1.75 bits per heavy atom. The van der Waals surface area contributed by atoms with Crippen LogP contribution in [-0.4, -0.2) is 0 Å². The maximum atomic E-state index is 12.6. The molecule has 0 radical (unpaired) electrons. The van der Waals surface area contributed by atoms with Gasteiger partial charge in [-0.15, -0.1) is 0 Å². The van der Waals surface area contributed by atoms with Crippen molar-refractivity contribution in [1.82, 2.24) is 0 Å². The fourth-order valence-electron chi connectivity index (χ4n) is 0.656. The van der Waals surface area contributed by atoms with Gasteiger partial charge in [-0.05, 0) is 0 Å². The molecule has 0 unspecified atom stereocenters. The van der Waals surface area contributed by atoms with Crippen LogP contribution in [-0.2, 0) is 0 Å². The van der Waals surface area contributed by atoms with Crippen molar-refractivity contribution in [2.45, 2.75) is 0 Å². The second kappa shape index (κ2) is 3.30. The van der Waals surface area contributed by atoms with Gasteiger partial charge >= 0.3 is 0 Å². The van der Waals surface area contributed by atoms with Crippen LogP contribution in [0.15, 0.2) is 6.07 Å². The lowest BCUT2D eigenvalue weighted by atomic mass is 10.3. The van der Waals surface area contributed by atoms with Gasteiger partial charge in [-0.3, -0.25) is 0 Å². The molecule has 0 aromatic heterocycles. The predicted octanol–water partition coefficient (Wildman–Crippen LogP) is 2.96. The molecule has 0 aliphatic carbocycles. The fourth-order valence-corrected chi connectivity index (χ4v) is 1.00. The van der Waals surface area contributed by atoms with Crippen molar-refractivity contribution in [2.75, 3.05) is 4.34 Å². The summed E-state index contributed by atoms with van der Waals surface area (Å²) in [5, 5.41) is 0. The molecule has 1 aromatic carbocycles. The maximum absolute atomic E-state index is 12.6. The van der Waals surface area contributed by atoms with Gasteiger partial charge in [0.2, 0.25) is 0 Å². The molecule has 1 aromatic rings. The molecule has 0 saturated carbocycles. The van der Waals surface area contributed by atoms with Gasteiger partial charge in [0, 0.05) is 22.2 Å². The zero-order valence-corrected chi connectivity index (χ0v) is 7.05. The van der Waals surface area contributed by atoms with Gasteiger partial charge in [-0.1, -0.05) is 0 Å². The Morgan fingerprint density at radius 1 is 1.00 bits per heavy atom. The molecule has 0 fully saturated rings. The summed E-state index contributed by atoms with van der Waals surface area (Å²) in [5.74, 6) is -5.83. The van der Waals surface area contributed by atoms with Gasteiger partial charge in [0.25, 0.3) is 0 Å². The number of nitrogens with one attached hydrogen (secondary N) is 1. The zero-order chi connectivity index (χ0) is 9.30. The molecular formula is C6H2BrF4N. The van der Waals surface area contributed by atoms with E-state index in [1.165, 1.54) is 0 Å². The average molecular weight is 244 g/mol. The van der Waals surface area contributed by atoms with E-state index in [-0.39, 0.29) is 6.07 Å². The highest BCUT2D eigenvalue weighted by molar-refractivity contribution is 9.10. The molecule has 66 valence electrons. The lowest BCUT2D eigenvalue weighted by Gasteiger charge is -2.03. The summed E-state index contributed by atoms with van der Waals surface area (Å²) in [7, 11) is 0. The Labute approximate surface area is 73.7 Å². The number of benzene rings is 1. The zero-order valence-electron chi connectivity index (χ0n) is 5.47. The van der Waals surface area contributed by atoms with Crippen LogP contribution in [0.1, 0.15) is 0 Å². The van der Waals surface area contributed by atoms with Crippen molar-refractivity contribution < 1.29 is 17.6 Å². The van der Waals surface area contributed by atoms with E-state index in [0.29, 0.717) is 0 Å². The third kappa shape index (κ3) is 1.38. The molecule has 1 rings (SSSR count). The molecular weight excluding hydrogens is 242 g/mol. The largest absolute Gasteiger partial charge is 0.317 e. The highest BCUT2D eigenvalue weighted by atomic mass is 79.9. The minimum atomic E-state index is -1.47. The van der Waals surface area contributed by atoms with E-state index in [0.717, 1.165) is 0 Å². The van der Waals surface area contributed by atoms with Crippen molar-refractivity contribution in [3.63, 3.8) is 0 Å². The van der Waals surface area contributed by atoms with Crippen LogP contribution in [0, 0.1) is 23.3 Å². The van der Waals surface area contributed by atoms with Crippen LogP contribution in [0.5, 0.6) is 0 Å². The minimum Gasteiger partial charge on any atom is -0.317 e. The normalized spacial score (nSPS) is 10.1. The first-order chi connectivity index (χ1) is 5.57. The van der Waals surface area contributed by atoms with E-state index in [9.17, 15) is 17.6 Å². The van der Waals surface area contributed by atoms with Crippen LogP contribution in [0.3, 0.4) is 0 Å². The third-order valence-corrected chi connectivity index (χ3v) is 1.60. The minimum absolute atomic E-state index is 0.137. The van der Waals surface area contributed by atoms with E-state index in [2.05, 4.69) is 16.1 Å². The number of anilines is 1. The summed E-state index contributed by atoms with van der Waals surface area (Å²) in [6.07, 6.45) is 0. The molecule has 0 bridgehead atoms. The van der Waals surface area contributed by atoms with E-state index in [1.807, 2.05) is 4.34 Å². The number of hydrogen-bond donors (Lipinski definition) is 1. The highest BCUT2D eigenvalue weighted by Gasteiger charge is 2.17. The van der Waals surface area contributed by atoms with Gasteiger partial charge in [-0.25, -0.2) is 17.6 Å². The number of rotatable bonds is 1. The molecule has 1 N–H and O–H groups in total. The van der Waals surface area contributed by atoms with Crippen LogP contribution in [0.2, 0.25) is 0 Å². The van der Waals surface area contributed by atoms with E-state index in [1.54, 1.807) is 0 Å². The summed E-state index contributed by atoms with van der Waals surface area (Å²) in [5.41, 5.74) is -0.882. The highest BCUT2D eigenvalue weighted by Crippen LogP contribution is 2.24. The number of hydrogen-bond acceptors (Lipinski definition) is 1. The van der Waals surface area contributed by atoms with Crippen molar-refractivity contribution in [3.8, 4) is 0 Å². The van der Waals surface area contributed by atoms with E-state index < -0.39 is 29.0 Å². The lowest BCUT2D eigenvalue weighted by molar-refractivity contribution is 0.460. The van der Waals surface area contributed by atoms with Crippen LogP contribution in [0.4, 0.5) is 23.2 Å². The van der Waals surface area contributed by atoms with Crippen molar-refractivity contribution in [1.29, 1.82) is 0 Å². The first-order valence-corrected chi connectivity index (χ1v) is 3.57. The molecule has 0 amide bonds. The molecule has 0 spiro atoms. The van der Waals surface area contributed by atoms with Crippen LogP contribution < -0.4 is 4.34 Å². The van der Waals surface area contributed by atoms with Gasteiger partial charge < -0.3 is 4.34 Å². The lowest BCUT2D eigenvalue weighted by Crippen LogP contribution is -1.98. The Balaban J connectivity index is 3.42. The molecule has 1 nitrogen and oxygen atoms in total. The second-order valence-electron chi connectivity index (χ2n) is 1.94. The molecule has 0 atom stereocenters. The summed E-state index contributed by atoms with van der Waals surface area (Å²) < 4.78 is 51.7. The van der Waals surface area contributed by atoms with Crippen LogP contribution >= 0.6 is 16.1 Å². The summed E-state index contributed by atoms with van der Waals surface area (Å²) >= 11 is 2.46. The average Bonchev–Trinajstić information content (AvgIpc) is 2.02. The summed E-state index contributed by atoms with van der Waals surface area (Å²) in [6, 6.07) is 0.137. The molecule has 0 heterocycles. The smallest absolute Gasteiger partial charge is 0.185 e. The van der Waals surface area contributed by atoms with Crippen LogP contribution in [0.25, 0.3) is 0 Å². The van der Waals surface area contributed by atoms with Crippen molar-refractivity contribution in [2.24, 2.45) is 0 Å². The second-order valence-corrected chi connectivity index (χ2v) is 2.33. The van der Waals surface area contributed by atoms with Gasteiger partial charge in [0.05, 0.1) is 0 Å². The van der Waals surface area contributed by atoms with E-state index in [4.69, 9.17) is 0 Å². The Bertz CT molecular complexity index is 289. The van der Waals surface area contributed by atoms with E-state index >= 15 is 0 Å². The topological polar surface area (TPSA) is 12.0 Å². The Hall–Kier alpha value is -0.780. The number of halogens is 5. The summed E-state index contributed by atoms with van der Waals surface area (Å²) in [6.45, 7) is 0. The predicted molar refractivity (Wildman–Crippen MR) is 38.8 cm³/mol. The molecule has 0 saturated heterocycles. The SMILES string of the molecule is Fc1cc(F)c(F)c(NBr)c1F. The monoisotopic (exact) mass is 243 g/mol. The van der Waals surface area contributed by atoms with Crippen molar-refractivity contribution >= 4 is 21.8 Å². The summed E-state index contributed by atoms with van der Waals surface area (Å²) in [4.78, 5) is 0. The molecule has 0 aliphatic rings. The Kier molecular flexibility index (Phi) is 2.56. The van der Waals surface area contributed by atoms with Crippen molar-refractivity contribution in [3.05, 3.63) is 29.3 Å². The standard InChI is InChI=1S/C6H2BrF4N/c7-12-6-4(10)2(8)1-3(9)5(6)11/h1,12H. The maximum Gasteiger partial charge on any atom is 0.185 e. The fraction of sp³-hybridized carbons (Fsp3) is 0. The molecule has 0 aliphatic heterocycles. The Morgan fingerprint density at radius 2 is 1.42 bits per heavy atom. The molecule has 12 heavy (non-hydrogen) atoms. The van der Waals surface area contributed by atoms with Gasteiger partial charge in [0.1, 0.15) is 5.69 Å². The quantitative estimate of drug-likeness (QED) is 0.455. The van der Waals surface area contributed by atoms with Gasteiger partial charge in [0.15, 0.2) is 23.3 Å². The molecule has 6 heteroatoms.